The Morgan fingerprint density at radius 3 is 2.68 bits per heavy atom. The Labute approximate surface area is 114 Å². The number of hydrogen-bond acceptors (Lipinski definition) is 4. The van der Waals surface area contributed by atoms with Crippen molar-refractivity contribution in [1.29, 1.82) is 0 Å². The van der Waals surface area contributed by atoms with E-state index in [9.17, 15) is 4.79 Å². The number of rotatable bonds is 5. The first kappa shape index (κ1) is 14.1. The van der Waals surface area contributed by atoms with E-state index in [0.29, 0.717) is 11.9 Å². The van der Waals surface area contributed by atoms with Gasteiger partial charge in [-0.05, 0) is 32.9 Å². The minimum Gasteiger partial charge on any atom is -0.368 e. The summed E-state index contributed by atoms with van der Waals surface area (Å²) < 4.78 is 0. The predicted octanol–water partition coefficient (Wildman–Crippen LogP) is 1.79. The van der Waals surface area contributed by atoms with Crippen molar-refractivity contribution in [3.8, 4) is 0 Å². The highest BCUT2D eigenvalue weighted by Crippen LogP contribution is 2.13. The van der Waals surface area contributed by atoms with Gasteiger partial charge in [-0.25, -0.2) is 4.98 Å². The van der Waals surface area contributed by atoms with Crippen molar-refractivity contribution in [1.82, 2.24) is 14.9 Å². The summed E-state index contributed by atoms with van der Waals surface area (Å²) >= 11 is 0. The average molecular weight is 264 g/mol. The molecular weight excluding hydrogens is 240 g/mol. The van der Waals surface area contributed by atoms with Gasteiger partial charge in [0.25, 0.3) is 5.56 Å². The molecule has 106 valence electrons. The highest BCUT2D eigenvalue weighted by molar-refractivity contribution is 5.33. The lowest BCUT2D eigenvalue weighted by Gasteiger charge is -2.24. The molecule has 1 aromatic heterocycles. The summed E-state index contributed by atoms with van der Waals surface area (Å²) in [4.78, 5) is 21.3. The van der Waals surface area contributed by atoms with E-state index < -0.39 is 0 Å². The molecule has 0 bridgehead atoms. The van der Waals surface area contributed by atoms with Gasteiger partial charge in [0.05, 0.1) is 0 Å². The maximum absolute atomic E-state index is 11.6. The lowest BCUT2D eigenvalue weighted by Crippen LogP contribution is -2.35. The first-order valence-corrected chi connectivity index (χ1v) is 7.15. The normalized spacial score (nSPS) is 17.9. The largest absolute Gasteiger partial charge is 0.368 e. The smallest absolute Gasteiger partial charge is 0.252 e. The summed E-state index contributed by atoms with van der Waals surface area (Å²) in [6.45, 7) is 9.46. The van der Waals surface area contributed by atoms with Crippen molar-refractivity contribution in [2.45, 2.75) is 45.6 Å². The SMILES string of the molecule is CC(C)c1nc(NCC(C)N2CCCC2)cc(=O)[nH]1. The standard InChI is InChI=1S/C14H24N4O/c1-10(2)14-16-12(8-13(19)17-14)15-9-11(3)18-6-4-5-7-18/h8,10-11H,4-7,9H2,1-3H3,(H2,15,16,17,19). The van der Waals surface area contributed by atoms with Gasteiger partial charge in [0.2, 0.25) is 0 Å². The zero-order valence-corrected chi connectivity index (χ0v) is 12.1. The van der Waals surface area contributed by atoms with Crippen LogP contribution in [0.5, 0.6) is 0 Å². The van der Waals surface area contributed by atoms with Crippen LogP contribution in [0, 0.1) is 0 Å². The maximum Gasteiger partial charge on any atom is 0.252 e. The third-order valence-corrected chi connectivity index (χ3v) is 3.65. The highest BCUT2D eigenvalue weighted by Gasteiger charge is 2.17. The third kappa shape index (κ3) is 3.80. The molecule has 0 spiro atoms. The first-order valence-electron chi connectivity index (χ1n) is 7.15. The summed E-state index contributed by atoms with van der Waals surface area (Å²) in [5.41, 5.74) is -0.0879. The van der Waals surface area contributed by atoms with Crippen LogP contribution in [0.15, 0.2) is 10.9 Å². The molecule has 0 radical (unpaired) electrons. The van der Waals surface area contributed by atoms with E-state index in [4.69, 9.17) is 0 Å². The minimum absolute atomic E-state index is 0.0879. The molecule has 5 nitrogen and oxygen atoms in total. The summed E-state index contributed by atoms with van der Waals surface area (Å²) in [5, 5.41) is 3.28. The van der Waals surface area contributed by atoms with Crippen molar-refractivity contribution < 1.29 is 0 Å². The zero-order chi connectivity index (χ0) is 13.8. The number of H-pyrrole nitrogens is 1. The number of nitrogens with one attached hydrogen (secondary N) is 2. The van der Waals surface area contributed by atoms with Gasteiger partial charge < -0.3 is 10.3 Å². The van der Waals surface area contributed by atoms with Crippen molar-refractivity contribution in [3.05, 3.63) is 22.2 Å². The van der Waals surface area contributed by atoms with Gasteiger partial charge in [0.15, 0.2) is 0 Å². The summed E-state index contributed by atoms with van der Waals surface area (Å²) in [5.74, 6) is 1.65. The fourth-order valence-corrected chi connectivity index (χ4v) is 2.40. The molecule has 0 aromatic carbocycles. The van der Waals surface area contributed by atoms with Crippen molar-refractivity contribution in [2.24, 2.45) is 0 Å². The van der Waals surface area contributed by atoms with Crippen LogP contribution in [0.4, 0.5) is 5.82 Å². The van der Waals surface area contributed by atoms with E-state index >= 15 is 0 Å². The van der Waals surface area contributed by atoms with Crippen LogP contribution in [-0.4, -0.2) is 40.5 Å². The number of hydrogen-bond donors (Lipinski definition) is 2. The van der Waals surface area contributed by atoms with E-state index in [1.807, 2.05) is 13.8 Å². The van der Waals surface area contributed by atoms with E-state index in [2.05, 4.69) is 27.1 Å². The minimum atomic E-state index is -0.0879. The molecule has 1 aliphatic rings. The number of aromatic nitrogens is 2. The number of anilines is 1. The highest BCUT2D eigenvalue weighted by atomic mass is 16.1. The van der Waals surface area contributed by atoms with Crippen LogP contribution >= 0.6 is 0 Å². The van der Waals surface area contributed by atoms with Crippen LogP contribution in [0.2, 0.25) is 0 Å². The van der Waals surface area contributed by atoms with Crippen molar-refractivity contribution in [2.75, 3.05) is 25.0 Å². The molecule has 2 heterocycles. The van der Waals surface area contributed by atoms with Gasteiger partial charge in [-0.3, -0.25) is 9.69 Å². The summed E-state index contributed by atoms with van der Waals surface area (Å²) in [6, 6.07) is 2.01. The lowest BCUT2D eigenvalue weighted by molar-refractivity contribution is 0.269. The van der Waals surface area contributed by atoms with Gasteiger partial charge in [0, 0.05) is 24.6 Å². The van der Waals surface area contributed by atoms with Crippen LogP contribution in [0.3, 0.4) is 0 Å². The van der Waals surface area contributed by atoms with Gasteiger partial charge in [0.1, 0.15) is 11.6 Å². The van der Waals surface area contributed by atoms with Crippen LogP contribution in [-0.2, 0) is 0 Å². The van der Waals surface area contributed by atoms with Crippen LogP contribution in [0.25, 0.3) is 0 Å². The number of aromatic amines is 1. The molecule has 0 amide bonds. The molecule has 1 unspecified atom stereocenters. The van der Waals surface area contributed by atoms with Crippen molar-refractivity contribution in [3.63, 3.8) is 0 Å². The summed E-state index contributed by atoms with van der Waals surface area (Å²) in [7, 11) is 0. The van der Waals surface area contributed by atoms with Gasteiger partial charge in [-0.15, -0.1) is 0 Å². The van der Waals surface area contributed by atoms with E-state index in [0.717, 1.165) is 12.4 Å². The number of nitrogens with zero attached hydrogens (tertiary/aromatic N) is 2. The van der Waals surface area contributed by atoms with Gasteiger partial charge in [-0.2, -0.15) is 0 Å². The Balaban J connectivity index is 1.96. The second kappa shape index (κ2) is 6.19. The van der Waals surface area contributed by atoms with Crippen molar-refractivity contribution >= 4 is 5.82 Å². The molecule has 19 heavy (non-hydrogen) atoms. The molecule has 1 atom stereocenters. The Hall–Kier alpha value is -1.36. The molecule has 1 fully saturated rings. The molecule has 2 rings (SSSR count). The molecule has 1 saturated heterocycles. The third-order valence-electron chi connectivity index (χ3n) is 3.65. The number of likely N-dealkylation sites (tertiary alicyclic amines) is 1. The topological polar surface area (TPSA) is 61.0 Å². The predicted molar refractivity (Wildman–Crippen MR) is 77.7 cm³/mol. The molecule has 1 aliphatic heterocycles. The Bertz CT molecular complexity index is 463. The van der Waals surface area contributed by atoms with Crippen LogP contribution < -0.4 is 10.9 Å². The van der Waals surface area contributed by atoms with E-state index in [1.54, 1.807) is 0 Å². The van der Waals surface area contributed by atoms with Gasteiger partial charge in [-0.1, -0.05) is 13.8 Å². The first-order chi connectivity index (χ1) is 9.06. The zero-order valence-electron chi connectivity index (χ0n) is 12.1. The molecule has 0 saturated carbocycles. The maximum atomic E-state index is 11.6. The van der Waals surface area contributed by atoms with E-state index in [1.165, 1.54) is 32.0 Å². The van der Waals surface area contributed by atoms with Gasteiger partial charge >= 0.3 is 0 Å². The summed E-state index contributed by atoms with van der Waals surface area (Å²) in [6.07, 6.45) is 2.59. The molecule has 1 aromatic rings. The Morgan fingerprint density at radius 1 is 1.37 bits per heavy atom. The Morgan fingerprint density at radius 2 is 2.05 bits per heavy atom. The quantitative estimate of drug-likeness (QED) is 0.851. The molecular formula is C14H24N4O. The lowest BCUT2D eigenvalue weighted by atomic mass is 10.2. The Kier molecular flexibility index (Phi) is 4.58. The monoisotopic (exact) mass is 264 g/mol. The fourth-order valence-electron chi connectivity index (χ4n) is 2.40. The van der Waals surface area contributed by atoms with E-state index in [-0.39, 0.29) is 11.5 Å². The average Bonchev–Trinajstić information content (AvgIpc) is 2.89. The molecule has 5 heteroatoms. The fraction of sp³-hybridized carbons (Fsp3) is 0.714. The second-order valence-electron chi connectivity index (χ2n) is 5.64. The molecule has 0 aliphatic carbocycles. The molecule has 2 N–H and O–H groups in total. The van der Waals surface area contributed by atoms with Crippen LogP contribution in [0.1, 0.15) is 45.4 Å². The second-order valence-corrected chi connectivity index (χ2v) is 5.64.